The van der Waals surface area contributed by atoms with E-state index in [2.05, 4.69) is 47.3 Å². The van der Waals surface area contributed by atoms with E-state index in [1.165, 1.54) is 68.9 Å². The quantitative estimate of drug-likeness (QED) is 0.431. The summed E-state index contributed by atoms with van der Waals surface area (Å²) in [5.41, 5.74) is 12.5. The topological polar surface area (TPSA) is 26.0 Å². The molecule has 0 saturated heterocycles. The van der Waals surface area contributed by atoms with Gasteiger partial charge in [-0.1, -0.05) is 63.6 Å². The van der Waals surface area contributed by atoms with Gasteiger partial charge >= 0.3 is 0 Å². The van der Waals surface area contributed by atoms with Gasteiger partial charge in [-0.3, -0.25) is 0 Å². The third kappa shape index (κ3) is 2.97. The summed E-state index contributed by atoms with van der Waals surface area (Å²) >= 11 is 0. The van der Waals surface area contributed by atoms with Crippen molar-refractivity contribution in [3.63, 3.8) is 0 Å². The molecule has 0 aromatic heterocycles. The van der Waals surface area contributed by atoms with Crippen molar-refractivity contribution in [2.45, 2.75) is 98.4 Å². The highest BCUT2D eigenvalue weighted by Gasteiger charge is 2.63. The van der Waals surface area contributed by atoms with Crippen molar-refractivity contribution in [2.75, 3.05) is 0 Å². The van der Waals surface area contributed by atoms with E-state index in [1.807, 2.05) is 0 Å². The number of hydrogen-bond donors (Lipinski definition) is 1. The van der Waals surface area contributed by atoms with Crippen molar-refractivity contribution in [3.05, 3.63) is 36.0 Å². The SMILES string of the molecule is C=C(C)C1CCC2(C)CCC3C(=CC(=C)C4C3(C)CCC3C(C)C(N)CCC34C)C2C1. The lowest BCUT2D eigenvalue weighted by Gasteiger charge is -2.67. The Hall–Kier alpha value is -0.820. The van der Waals surface area contributed by atoms with Gasteiger partial charge < -0.3 is 5.73 Å². The zero-order valence-corrected chi connectivity index (χ0v) is 21.0. The van der Waals surface area contributed by atoms with Crippen LogP contribution in [0.25, 0.3) is 0 Å². The van der Waals surface area contributed by atoms with Gasteiger partial charge in [-0.25, -0.2) is 0 Å². The second-order valence-corrected chi connectivity index (χ2v) is 13.5. The molecule has 0 bridgehead atoms. The number of nitrogens with two attached hydrogens (primary N) is 1. The molecule has 10 unspecified atom stereocenters. The van der Waals surface area contributed by atoms with E-state index >= 15 is 0 Å². The van der Waals surface area contributed by atoms with Crippen LogP contribution in [0, 0.1) is 51.8 Å². The molecule has 5 aliphatic carbocycles. The largest absolute Gasteiger partial charge is 0.327 e. The van der Waals surface area contributed by atoms with Gasteiger partial charge in [0.2, 0.25) is 0 Å². The van der Waals surface area contributed by atoms with E-state index in [0.29, 0.717) is 40.0 Å². The van der Waals surface area contributed by atoms with Crippen LogP contribution in [0.4, 0.5) is 0 Å². The van der Waals surface area contributed by atoms with Gasteiger partial charge in [0.25, 0.3) is 0 Å². The maximum Gasteiger partial charge on any atom is 0.00675 e. The summed E-state index contributed by atoms with van der Waals surface area (Å²) in [4.78, 5) is 0. The average Bonchev–Trinajstić information content (AvgIpc) is 2.69. The Balaban J connectivity index is 1.55. The first-order valence-corrected chi connectivity index (χ1v) is 13.3. The summed E-state index contributed by atoms with van der Waals surface area (Å²) in [7, 11) is 0. The van der Waals surface area contributed by atoms with Crippen molar-refractivity contribution >= 4 is 0 Å². The number of hydrogen-bond acceptors (Lipinski definition) is 1. The minimum Gasteiger partial charge on any atom is -0.327 e. The summed E-state index contributed by atoms with van der Waals surface area (Å²) in [5.74, 6) is 4.25. The molecule has 1 nitrogen and oxygen atoms in total. The maximum atomic E-state index is 6.57. The molecule has 5 aliphatic rings. The fourth-order valence-corrected chi connectivity index (χ4v) is 10.1. The standard InChI is InChI=1S/C30H47N/c1-18(2)21-8-12-28(5)13-9-24-22(25(28)17-21)16-19(3)27-29(6)15-11-26(31)20(4)23(29)10-14-30(24,27)7/h16,20-21,23-27H,1,3,8-15,17,31H2,2,4-7H3. The van der Waals surface area contributed by atoms with Crippen LogP contribution < -0.4 is 5.73 Å². The van der Waals surface area contributed by atoms with Crippen molar-refractivity contribution in [1.29, 1.82) is 0 Å². The van der Waals surface area contributed by atoms with Gasteiger partial charge in [-0.15, -0.1) is 0 Å². The van der Waals surface area contributed by atoms with Crippen LogP contribution in [0.2, 0.25) is 0 Å². The predicted molar refractivity (Wildman–Crippen MR) is 133 cm³/mol. The number of fused-ring (bicyclic) bond motifs is 7. The van der Waals surface area contributed by atoms with Crippen molar-refractivity contribution in [1.82, 2.24) is 0 Å². The van der Waals surface area contributed by atoms with Gasteiger partial charge in [-0.2, -0.15) is 0 Å². The predicted octanol–water partition coefficient (Wildman–Crippen LogP) is 7.69. The highest BCUT2D eigenvalue weighted by Crippen LogP contribution is 2.71. The Morgan fingerprint density at radius 2 is 1.65 bits per heavy atom. The molecule has 0 aromatic carbocycles. The van der Waals surface area contributed by atoms with E-state index in [0.717, 1.165) is 17.8 Å². The Morgan fingerprint density at radius 1 is 0.968 bits per heavy atom. The molecular weight excluding hydrogens is 374 g/mol. The number of rotatable bonds is 1. The van der Waals surface area contributed by atoms with E-state index in [1.54, 1.807) is 5.57 Å². The molecule has 0 aromatic rings. The van der Waals surface area contributed by atoms with Gasteiger partial charge in [0.15, 0.2) is 0 Å². The molecule has 172 valence electrons. The Labute approximate surface area is 192 Å². The normalized spacial score (nSPS) is 54.1. The highest BCUT2D eigenvalue weighted by atomic mass is 14.7. The molecule has 4 saturated carbocycles. The molecule has 31 heavy (non-hydrogen) atoms. The first-order valence-electron chi connectivity index (χ1n) is 13.3. The second kappa shape index (κ2) is 7.09. The summed E-state index contributed by atoms with van der Waals surface area (Å²) in [6.45, 7) is 21.8. The molecule has 4 fully saturated rings. The monoisotopic (exact) mass is 421 g/mol. The van der Waals surface area contributed by atoms with Gasteiger partial charge in [0.05, 0.1) is 0 Å². The van der Waals surface area contributed by atoms with E-state index in [9.17, 15) is 0 Å². The van der Waals surface area contributed by atoms with Crippen molar-refractivity contribution in [3.8, 4) is 0 Å². The fourth-order valence-electron chi connectivity index (χ4n) is 10.1. The van der Waals surface area contributed by atoms with E-state index in [-0.39, 0.29) is 0 Å². The summed E-state index contributed by atoms with van der Waals surface area (Å²) in [6, 6.07) is 0.391. The summed E-state index contributed by atoms with van der Waals surface area (Å²) < 4.78 is 0. The molecular formula is C30H47N. The summed E-state index contributed by atoms with van der Waals surface area (Å²) in [6.07, 6.45) is 14.7. The van der Waals surface area contributed by atoms with Crippen molar-refractivity contribution in [2.24, 2.45) is 57.5 Å². The molecule has 0 aliphatic heterocycles. The zero-order valence-electron chi connectivity index (χ0n) is 21.0. The second-order valence-electron chi connectivity index (χ2n) is 13.5. The molecule has 5 rings (SSSR count). The lowest BCUT2D eigenvalue weighted by atomic mass is 9.38. The van der Waals surface area contributed by atoms with Gasteiger partial charge in [-0.05, 0) is 116 Å². The zero-order chi connectivity index (χ0) is 22.3. The average molecular weight is 422 g/mol. The minimum atomic E-state index is 0.370. The van der Waals surface area contributed by atoms with Crippen LogP contribution in [0.5, 0.6) is 0 Å². The lowest BCUT2D eigenvalue weighted by Crippen LogP contribution is -2.60. The highest BCUT2D eigenvalue weighted by molar-refractivity contribution is 5.40. The Bertz CT molecular complexity index is 820. The van der Waals surface area contributed by atoms with Crippen LogP contribution in [0.1, 0.15) is 92.4 Å². The van der Waals surface area contributed by atoms with E-state index in [4.69, 9.17) is 12.3 Å². The fraction of sp³-hybridized carbons (Fsp3) is 0.800. The van der Waals surface area contributed by atoms with Crippen LogP contribution in [0.15, 0.2) is 36.0 Å². The summed E-state index contributed by atoms with van der Waals surface area (Å²) in [5, 5.41) is 0. The molecule has 10 atom stereocenters. The van der Waals surface area contributed by atoms with Crippen LogP contribution in [-0.2, 0) is 0 Å². The maximum absolute atomic E-state index is 6.57. The first kappa shape index (κ1) is 22.0. The van der Waals surface area contributed by atoms with Crippen LogP contribution >= 0.6 is 0 Å². The molecule has 1 heteroatoms. The van der Waals surface area contributed by atoms with Gasteiger partial charge in [0.1, 0.15) is 0 Å². The smallest absolute Gasteiger partial charge is 0.00675 e. The number of allylic oxidation sites excluding steroid dienone is 4. The molecule has 2 N–H and O–H groups in total. The Morgan fingerprint density at radius 3 is 2.35 bits per heavy atom. The third-order valence-corrected chi connectivity index (χ3v) is 11.9. The molecule has 0 heterocycles. The molecule has 0 radical (unpaired) electrons. The first-order chi connectivity index (χ1) is 14.5. The molecule has 0 spiro atoms. The minimum absolute atomic E-state index is 0.370. The van der Waals surface area contributed by atoms with Crippen molar-refractivity contribution < 1.29 is 0 Å². The molecule has 0 amide bonds. The van der Waals surface area contributed by atoms with E-state index < -0.39 is 0 Å². The third-order valence-electron chi connectivity index (χ3n) is 11.9. The Kier molecular flexibility index (Phi) is 5.03. The van der Waals surface area contributed by atoms with Crippen LogP contribution in [-0.4, -0.2) is 6.04 Å². The lowest BCUT2D eigenvalue weighted by molar-refractivity contribution is -0.119. The van der Waals surface area contributed by atoms with Crippen LogP contribution in [0.3, 0.4) is 0 Å². The van der Waals surface area contributed by atoms with Gasteiger partial charge in [0, 0.05) is 6.04 Å².